The average Bonchev–Trinajstić information content (AvgIpc) is 3.25. The lowest BCUT2D eigenvalue weighted by molar-refractivity contribution is 0.667. The van der Waals surface area contributed by atoms with Crippen LogP contribution in [0.2, 0.25) is 0 Å². The molecule has 33 heavy (non-hydrogen) atoms. The molecule has 0 amide bonds. The standard InChI is InChI=1S/C30H20BrNO/c31-24-18-25(32)29(28-23-14-7-8-17-26(23)33-30(24)28)27-21(19-10-3-1-4-11-19)15-9-16-22(27)20-12-5-2-6-13-20/h1-18H,32H2. The molecular formula is C30H20BrNO. The smallest absolute Gasteiger partial charge is 0.150 e. The summed E-state index contributed by atoms with van der Waals surface area (Å²) >= 11 is 3.69. The number of para-hydroxylation sites is 1. The molecule has 2 N–H and O–H groups in total. The van der Waals surface area contributed by atoms with Crippen molar-refractivity contribution in [2.45, 2.75) is 0 Å². The molecule has 0 aliphatic heterocycles. The Morgan fingerprint density at radius 1 is 0.606 bits per heavy atom. The fourth-order valence-corrected chi connectivity index (χ4v) is 5.21. The minimum atomic E-state index is 0.710. The summed E-state index contributed by atoms with van der Waals surface area (Å²) in [6.07, 6.45) is 0. The molecule has 0 atom stereocenters. The summed E-state index contributed by atoms with van der Waals surface area (Å²) in [6, 6.07) is 37.5. The Morgan fingerprint density at radius 2 is 1.18 bits per heavy atom. The van der Waals surface area contributed by atoms with Crippen LogP contribution in [0.15, 0.2) is 118 Å². The van der Waals surface area contributed by atoms with Crippen molar-refractivity contribution in [1.82, 2.24) is 0 Å². The molecule has 5 aromatic carbocycles. The van der Waals surface area contributed by atoms with Gasteiger partial charge in [-0.05, 0) is 50.3 Å². The number of nitrogen functional groups attached to an aromatic ring is 1. The van der Waals surface area contributed by atoms with E-state index in [0.29, 0.717) is 5.69 Å². The SMILES string of the molecule is Nc1cc(Br)c2oc3ccccc3c2c1-c1c(-c2ccccc2)cccc1-c1ccccc1. The average molecular weight is 490 g/mol. The van der Waals surface area contributed by atoms with E-state index in [4.69, 9.17) is 10.2 Å². The van der Waals surface area contributed by atoms with Crippen LogP contribution in [-0.4, -0.2) is 0 Å². The van der Waals surface area contributed by atoms with E-state index >= 15 is 0 Å². The third kappa shape index (κ3) is 3.24. The summed E-state index contributed by atoms with van der Waals surface area (Å²) in [5, 5.41) is 2.08. The molecule has 158 valence electrons. The topological polar surface area (TPSA) is 39.2 Å². The highest BCUT2D eigenvalue weighted by atomic mass is 79.9. The lowest BCUT2D eigenvalue weighted by Crippen LogP contribution is -1.96. The van der Waals surface area contributed by atoms with Gasteiger partial charge in [0.05, 0.1) is 4.47 Å². The first-order valence-corrected chi connectivity index (χ1v) is 11.6. The van der Waals surface area contributed by atoms with Crippen molar-refractivity contribution in [3.8, 4) is 33.4 Å². The van der Waals surface area contributed by atoms with Gasteiger partial charge in [-0.1, -0.05) is 97.1 Å². The summed E-state index contributed by atoms with van der Waals surface area (Å²) in [6.45, 7) is 0. The second-order valence-electron chi connectivity index (χ2n) is 8.09. The number of fused-ring (bicyclic) bond motifs is 3. The van der Waals surface area contributed by atoms with Crippen molar-refractivity contribution < 1.29 is 4.42 Å². The molecule has 0 saturated heterocycles. The number of rotatable bonds is 3. The zero-order valence-electron chi connectivity index (χ0n) is 17.8. The van der Waals surface area contributed by atoms with Crippen molar-refractivity contribution in [3.63, 3.8) is 0 Å². The molecule has 2 nitrogen and oxygen atoms in total. The van der Waals surface area contributed by atoms with Gasteiger partial charge in [-0.15, -0.1) is 0 Å². The first-order chi connectivity index (χ1) is 16.2. The Labute approximate surface area is 200 Å². The van der Waals surface area contributed by atoms with E-state index in [9.17, 15) is 0 Å². The highest BCUT2D eigenvalue weighted by molar-refractivity contribution is 9.10. The molecule has 0 radical (unpaired) electrons. The van der Waals surface area contributed by atoms with Crippen LogP contribution in [0.1, 0.15) is 0 Å². The van der Waals surface area contributed by atoms with Gasteiger partial charge < -0.3 is 10.2 Å². The number of furan rings is 1. The fourth-order valence-electron chi connectivity index (χ4n) is 4.69. The molecule has 0 unspecified atom stereocenters. The van der Waals surface area contributed by atoms with E-state index in [1.165, 1.54) is 0 Å². The third-order valence-electron chi connectivity index (χ3n) is 6.12. The molecule has 0 spiro atoms. The zero-order chi connectivity index (χ0) is 22.4. The predicted molar refractivity (Wildman–Crippen MR) is 142 cm³/mol. The fraction of sp³-hybridized carbons (Fsp3) is 0. The number of hydrogen-bond acceptors (Lipinski definition) is 2. The molecule has 0 bridgehead atoms. The van der Waals surface area contributed by atoms with Crippen molar-refractivity contribution in [2.75, 3.05) is 5.73 Å². The minimum absolute atomic E-state index is 0.710. The molecule has 3 heteroatoms. The third-order valence-corrected chi connectivity index (χ3v) is 6.71. The number of halogens is 1. The number of nitrogens with two attached hydrogens (primary N) is 1. The van der Waals surface area contributed by atoms with Gasteiger partial charge in [0.1, 0.15) is 11.2 Å². The van der Waals surface area contributed by atoms with Gasteiger partial charge in [0, 0.05) is 27.6 Å². The van der Waals surface area contributed by atoms with Crippen LogP contribution < -0.4 is 5.73 Å². The molecule has 1 aromatic heterocycles. The second kappa shape index (κ2) is 7.95. The molecular weight excluding hydrogens is 470 g/mol. The van der Waals surface area contributed by atoms with Crippen LogP contribution in [0.25, 0.3) is 55.3 Å². The van der Waals surface area contributed by atoms with Crippen molar-refractivity contribution in [3.05, 3.63) is 114 Å². The first-order valence-electron chi connectivity index (χ1n) is 10.9. The van der Waals surface area contributed by atoms with E-state index in [-0.39, 0.29) is 0 Å². The van der Waals surface area contributed by atoms with Crippen LogP contribution in [0.3, 0.4) is 0 Å². The van der Waals surface area contributed by atoms with Gasteiger partial charge in [0.15, 0.2) is 0 Å². The Bertz CT molecular complexity index is 1560. The molecule has 0 aliphatic rings. The monoisotopic (exact) mass is 489 g/mol. The van der Waals surface area contributed by atoms with E-state index in [1.807, 2.05) is 36.4 Å². The van der Waals surface area contributed by atoms with Gasteiger partial charge in [-0.2, -0.15) is 0 Å². The van der Waals surface area contributed by atoms with E-state index in [2.05, 4.69) is 88.7 Å². The van der Waals surface area contributed by atoms with E-state index in [1.54, 1.807) is 0 Å². The summed E-state index contributed by atoms with van der Waals surface area (Å²) < 4.78 is 7.14. The van der Waals surface area contributed by atoms with Crippen LogP contribution in [0.5, 0.6) is 0 Å². The minimum Gasteiger partial charge on any atom is -0.455 e. The molecule has 6 aromatic rings. The first kappa shape index (κ1) is 19.8. The van der Waals surface area contributed by atoms with E-state index in [0.717, 1.165) is 59.8 Å². The Morgan fingerprint density at radius 3 is 1.82 bits per heavy atom. The number of anilines is 1. The summed E-state index contributed by atoms with van der Waals surface area (Å²) in [5.41, 5.74) is 15.8. The molecule has 0 aliphatic carbocycles. The van der Waals surface area contributed by atoms with Gasteiger partial charge in [-0.3, -0.25) is 0 Å². The zero-order valence-corrected chi connectivity index (χ0v) is 19.3. The van der Waals surface area contributed by atoms with E-state index < -0.39 is 0 Å². The predicted octanol–water partition coefficient (Wildman–Crippen LogP) is 8.93. The molecule has 0 fully saturated rings. The van der Waals surface area contributed by atoms with Crippen molar-refractivity contribution in [1.29, 1.82) is 0 Å². The Hall–Kier alpha value is -3.82. The number of benzene rings is 5. The van der Waals surface area contributed by atoms with Crippen LogP contribution in [0.4, 0.5) is 5.69 Å². The quantitative estimate of drug-likeness (QED) is 0.252. The molecule has 1 heterocycles. The van der Waals surface area contributed by atoms with Gasteiger partial charge >= 0.3 is 0 Å². The summed E-state index contributed by atoms with van der Waals surface area (Å²) in [5.74, 6) is 0. The lowest BCUT2D eigenvalue weighted by atomic mass is 9.85. The van der Waals surface area contributed by atoms with Gasteiger partial charge in [0.25, 0.3) is 0 Å². The lowest BCUT2D eigenvalue weighted by Gasteiger charge is -2.19. The highest BCUT2D eigenvalue weighted by Gasteiger charge is 2.23. The summed E-state index contributed by atoms with van der Waals surface area (Å²) in [4.78, 5) is 0. The van der Waals surface area contributed by atoms with Crippen LogP contribution in [0, 0.1) is 0 Å². The van der Waals surface area contributed by atoms with Gasteiger partial charge in [-0.25, -0.2) is 0 Å². The Balaban J connectivity index is 1.82. The molecule has 0 saturated carbocycles. The van der Waals surface area contributed by atoms with Crippen LogP contribution >= 0.6 is 15.9 Å². The normalized spacial score (nSPS) is 11.3. The Kier molecular flexibility index (Phi) is 4.78. The van der Waals surface area contributed by atoms with Crippen molar-refractivity contribution in [2.24, 2.45) is 0 Å². The maximum Gasteiger partial charge on any atom is 0.150 e. The largest absolute Gasteiger partial charge is 0.455 e. The van der Waals surface area contributed by atoms with Gasteiger partial charge in [0.2, 0.25) is 0 Å². The summed E-state index contributed by atoms with van der Waals surface area (Å²) in [7, 11) is 0. The maximum absolute atomic E-state index is 6.79. The molecule has 6 rings (SSSR count). The van der Waals surface area contributed by atoms with Crippen molar-refractivity contribution >= 4 is 43.6 Å². The second-order valence-corrected chi connectivity index (χ2v) is 8.94. The highest BCUT2D eigenvalue weighted by Crippen LogP contribution is 2.49. The van der Waals surface area contributed by atoms with Crippen LogP contribution in [-0.2, 0) is 0 Å². The number of hydrogen-bond donors (Lipinski definition) is 1. The maximum atomic E-state index is 6.79.